The number of hydrogen-bond donors (Lipinski definition) is 2. The molecule has 0 unspecified atom stereocenters. The Balaban J connectivity index is 2.34. The number of guanidine groups is 1. The van der Waals surface area contributed by atoms with E-state index >= 15 is 0 Å². The number of aromatic nitrogens is 1. The second kappa shape index (κ2) is 11.9. The zero-order valence-electron chi connectivity index (χ0n) is 15.8. The van der Waals surface area contributed by atoms with Crippen LogP contribution in [-0.4, -0.2) is 63.5 Å². The van der Waals surface area contributed by atoms with E-state index in [1.54, 1.807) is 14.2 Å². The first-order valence-electron chi connectivity index (χ1n) is 8.72. The first-order valence-corrected chi connectivity index (χ1v) is 8.72. The van der Waals surface area contributed by atoms with Gasteiger partial charge >= 0.3 is 0 Å². The fourth-order valence-electron chi connectivity index (χ4n) is 2.43. The molecule has 0 spiro atoms. The Hall–Kier alpha value is -1.60. The van der Waals surface area contributed by atoms with Gasteiger partial charge in [-0.05, 0) is 19.9 Å². The van der Waals surface area contributed by atoms with Crippen molar-refractivity contribution >= 4 is 5.96 Å². The summed E-state index contributed by atoms with van der Waals surface area (Å²) in [6, 6.07) is 2.04. The van der Waals surface area contributed by atoms with Crippen molar-refractivity contribution in [3.63, 3.8) is 0 Å². The average molecular weight is 339 g/mol. The Morgan fingerprint density at radius 3 is 2.71 bits per heavy atom. The fraction of sp³-hybridized carbons (Fsp3) is 0.765. The van der Waals surface area contributed by atoms with Gasteiger partial charge in [0.05, 0.1) is 18.8 Å². The molecule has 0 aromatic carbocycles. The molecule has 0 bridgehead atoms. The highest BCUT2D eigenvalue weighted by atomic mass is 16.5. The molecule has 0 radical (unpaired) electrons. The van der Waals surface area contributed by atoms with E-state index in [2.05, 4.69) is 46.6 Å². The predicted molar refractivity (Wildman–Crippen MR) is 97.4 cm³/mol. The van der Waals surface area contributed by atoms with Crippen molar-refractivity contribution in [3.05, 3.63) is 17.5 Å². The molecule has 24 heavy (non-hydrogen) atoms. The molecule has 0 saturated heterocycles. The second-order valence-electron chi connectivity index (χ2n) is 5.88. The summed E-state index contributed by atoms with van der Waals surface area (Å²) in [6.07, 6.45) is 2.16. The van der Waals surface area contributed by atoms with E-state index in [0.717, 1.165) is 56.5 Å². The second-order valence-corrected chi connectivity index (χ2v) is 5.88. The molecule has 1 rings (SSSR count). The lowest BCUT2D eigenvalue weighted by Gasteiger charge is -2.17. The molecule has 1 aromatic heterocycles. The molecular formula is C17H33N5O2. The number of methoxy groups -OCH3 is 1. The van der Waals surface area contributed by atoms with Gasteiger partial charge in [-0.15, -0.1) is 0 Å². The van der Waals surface area contributed by atoms with E-state index in [0.29, 0.717) is 12.5 Å². The van der Waals surface area contributed by atoms with Gasteiger partial charge in [-0.3, -0.25) is 4.99 Å². The van der Waals surface area contributed by atoms with Gasteiger partial charge in [0.15, 0.2) is 11.7 Å². The van der Waals surface area contributed by atoms with E-state index < -0.39 is 0 Å². The highest BCUT2D eigenvalue weighted by molar-refractivity contribution is 5.79. The number of nitrogens with one attached hydrogen (secondary N) is 2. The zero-order valence-corrected chi connectivity index (χ0v) is 15.8. The lowest BCUT2D eigenvalue weighted by atomic mass is 9.99. The zero-order chi connectivity index (χ0) is 17.8. The van der Waals surface area contributed by atoms with Gasteiger partial charge in [0, 0.05) is 45.8 Å². The summed E-state index contributed by atoms with van der Waals surface area (Å²) in [5, 5.41) is 10.7. The first kappa shape index (κ1) is 20.4. The lowest BCUT2D eigenvalue weighted by Crippen LogP contribution is -2.41. The SMILES string of the molecule is CCC(CC)c1cc(CNC(=NC)NCCN(C)CCOC)on1. The van der Waals surface area contributed by atoms with Crippen LogP contribution in [-0.2, 0) is 11.3 Å². The molecule has 1 aromatic rings. The van der Waals surface area contributed by atoms with E-state index in [1.165, 1.54) is 0 Å². The summed E-state index contributed by atoms with van der Waals surface area (Å²) >= 11 is 0. The highest BCUT2D eigenvalue weighted by Gasteiger charge is 2.13. The Kier molecular flexibility index (Phi) is 10.1. The molecule has 0 fully saturated rings. The van der Waals surface area contributed by atoms with Crippen molar-refractivity contribution in [2.45, 2.75) is 39.2 Å². The monoisotopic (exact) mass is 339 g/mol. The number of hydrogen-bond acceptors (Lipinski definition) is 5. The third-order valence-electron chi connectivity index (χ3n) is 4.10. The molecule has 0 aliphatic heterocycles. The normalized spacial score (nSPS) is 12.2. The fourth-order valence-corrected chi connectivity index (χ4v) is 2.43. The Labute approximate surface area is 145 Å². The third kappa shape index (κ3) is 7.31. The van der Waals surface area contributed by atoms with Gasteiger partial charge in [0.1, 0.15) is 0 Å². The summed E-state index contributed by atoms with van der Waals surface area (Å²) in [4.78, 5) is 6.44. The standard InChI is InChI=1S/C17H33N5O2/c1-6-14(7-2)16-12-15(24-21-16)13-20-17(18-3)19-8-9-22(4)10-11-23-5/h12,14H,6-11,13H2,1-5H3,(H2,18,19,20). The van der Waals surface area contributed by atoms with Gasteiger partial charge in [0.2, 0.25) is 0 Å². The Morgan fingerprint density at radius 1 is 1.33 bits per heavy atom. The quantitative estimate of drug-likeness (QED) is 0.473. The summed E-state index contributed by atoms with van der Waals surface area (Å²) in [5.74, 6) is 2.07. The molecule has 138 valence electrons. The Bertz CT molecular complexity index is 471. The maximum atomic E-state index is 5.41. The van der Waals surface area contributed by atoms with Crippen molar-refractivity contribution in [2.24, 2.45) is 4.99 Å². The van der Waals surface area contributed by atoms with Crippen LogP contribution in [0.15, 0.2) is 15.6 Å². The number of aliphatic imine (C=N–C) groups is 1. The molecule has 0 amide bonds. The van der Waals surface area contributed by atoms with Crippen LogP contribution in [0.4, 0.5) is 0 Å². The number of nitrogens with zero attached hydrogens (tertiary/aromatic N) is 3. The smallest absolute Gasteiger partial charge is 0.191 e. The first-order chi connectivity index (χ1) is 11.6. The molecule has 0 atom stereocenters. The summed E-state index contributed by atoms with van der Waals surface area (Å²) < 4.78 is 10.5. The van der Waals surface area contributed by atoms with E-state index in [1.807, 2.05) is 6.07 Å². The number of ether oxygens (including phenoxy) is 1. The van der Waals surface area contributed by atoms with Crippen LogP contribution in [0.5, 0.6) is 0 Å². The molecule has 7 nitrogen and oxygen atoms in total. The van der Waals surface area contributed by atoms with E-state index in [9.17, 15) is 0 Å². The molecule has 7 heteroatoms. The van der Waals surface area contributed by atoms with Crippen molar-refractivity contribution in [1.82, 2.24) is 20.7 Å². The van der Waals surface area contributed by atoms with Crippen LogP contribution in [0.1, 0.15) is 44.1 Å². The largest absolute Gasteiger partial charge is 0.383 e. The topological polar surface area (TPSA) is 74.9 Å². The summed E-state index contributed by atoms with van der Waals surface area (Å²) in [7, 11) is 5.56. The summed E-state index contributed by atoms with van der Waals surface area (Å²) in [6.45, 7) is 8.33. The van der Waals surface area contributed by atoms with Gasteiger partial charge in [-0.25, -0.2) is 0 Å². The third-order valence-corrected chi connectivity index (χ3v) is 4.10. The maximum absolute atomic E-state index is 5.41. The van der Waals surface area contributed by atoms with Gasteiger partial charge < -0.3 is 24.8 Å². The van der Waals surface area contributed by atoms with Crippen molar-refractivity contribution in [1.29, 1.82) is 0 Å². The molecule has 1 heterocycles. The molecule has 0 aliphatic carbocycles. The molecule has 0 aliphatic rings. The molecule has 2 N–H and O–H groups in total. The summed E-state index contributed by atoms with van der Waals surface area (Å²) in [5.41, 5.74) is 1.04. The predicted octanol–water partition coefficient (Wildman–Crippen LogP) is 1.82. The van der Waals surface area contributed by atoms with Gasteiger partial charge in [-0.2, -0.15) is 0 Å². The Morgan fingerprint density at radius 2 is 2.08 bits per heavy atom. The minimum atomic E-state index is 0.475. The van der Waals surface area contributed by atoms with Crippen LogP contribution in [0, 0.1) is 0 Å². The van der Waals surface area contributed by atoms with Crippen LogP contribution >= 0.6 is 0 Å². The average Bonchev–Trinajstić information content (AvgIpc) is 3.06. The van der Waals surface area contributed by atoms with Crippen LogP contribution in [0.25, 0.3) is 0 Å². The van der Waals surface area contributed by atoms with E-state index in [-0.39, 0.29) is 0 Å². The number of rotatable bonds is 11. The number of likely N-dealkylation sites (N-methyl/N-ethyl adjacent to an activating group) is 1. The lowest BCUT2D eigenvalue weighted by molar-refractivity contribution is 0.162. The van der Waals surface area contributed by atoms with Gasteiger partial charge in [0.25, 0.3) is 0 Å². The molecular weight excluding hydrogens is 306 g/mol. The van der Waals surface area contributed by atoms with Crippen molar-refractivity contribution in [2.75, 3.05) is 47.4 Å². The van der Waals surface area contributed by atoms with Crippen molar-refractivity contribution < 1.29 is 9.26 Å². The van der Waals surface area contributed by atoms with E-state index in [4.69, 9.17) is 9.26 Å². The highest BCUT2D eigenvalue weighted by Crippen LogP contribution is 2.22. The van der Waals surface area contributed by atoms with Crippen LogP contribution < -0.4 is 10.6 Å². The van der Waals surface area contributed by atoms with Crippen molar-refractivity contribution in [3.8, 4) is 0 Å². The maximum Gasteiger partial charge on any atom is 0.191 e. The van der Waals surface area contributed by atoms with Crippen LogP contribution in [0.3, 0.4) is 0 Å². The van der Waals surface area contributed by atoms with Gasteiger partial charge in [-0.1, -0.05) is 19.0 Å². The molecule has 0 saturated carbocycles. The van der Waals surface area contributed by atoms with Crippen LogP contribution in [0.2, 0.25) is 0 Å². The minimum Gasteiger partial charge on any atom is -0.383 e. The minimum absolute atomic E-state index is 0.475.